The highest BCUT2D eigenvalue weighted by molar-refractivity contribution is 6.31. The van der Waals surface area contributed by atoms with Gasteiger partial charge in [-0.05, 0) is 67.1 Å². The Bertz CT molecular complexity index is 1680. The lowest BCUT2D eigenvalue weighted by molar-refractivity contribution is 0.194. The van der Waals surface area contributed by atoms with E-state index in [4.69, 9.17) is 21.4 Å². The molecule has 1 aliphatic heterocycles. The number of urea groups is 1. The summed E-state index contributed by atoms with van der Waals surface area (Å²) in [6.07, 6.45) is 1.95. The summed E-state index contributed by atoms with van der Waals surface area (Å²) in [7, 11) is 1.53. The molecule has 2 aromatic heterocycles. The molecule has 7 nitrogen and oxygen atoms in total. The summed E-state index contributed by atoms with van der Waals surface area (Å²) < 4.78 is 23.9. The largest absolute Gasteiger partial charge is 0.495 e. The lowest BCUT2D eigenvalue weighted by Gasteiger charge is -2.31. The minimum absolute atomic E-state index is 0.228. The average molecular weight is 542 g/mol. The van der Waals surface area contributed by atoms with Crippen molar-refractivity contribution in [2.24, 2.45) is 0 Å². The van der Waals surface area contributed by atoms with Crippen molar-refractivity contribution in [1.82, 2.24) is 19.2 Å². The van der Waals surface area contributed by atoms with Gasteiger partial charge in [0.25, 0.3) is 0 Å². The van der Waals surface area contributed by atoms with Crippen molar-refractivity contribution in [3.8, 4) is 17.3 Å². The molecule has 0 radical (unpaired) electrons. The van der Waals surface area contributed by atoms with E-state index in [9.17, 15) is 9.18 Å². The van der Waals surface area contributed by atoms with Crippen LogP contribution in [-0.4, -0.2) is 32.4 Å². The number of hydrogen-bond donors (Lipinski definition) is 1. The molecule has 0 aliphatic carbocycles. The van der Waals surface area contributed by atoms with Gasteiger partial charge in [-0.25, -0.2) is 13.9 Å². The number of rotatable bonds is 4. The summed E-state index contributed by atoms with van der Waals surface area (Å²) in [5.74, 6) is 0.925. The molecule has 0 saturated carbocycles. The fourth-order valence-electron chi connectivity index (χ4n) is 5.14. The molecule has 196 valence electrons. The zero-order valence-corrected chi connectivity index (χ0v) is 22.1. The molecule has 1 unspecified atom stereocenters. The van der Waals surface area contributed by atoms with E-state index in [-0.39, 0.29) is 12.4 Å². The van der Waals surface area contributed by atoms with Gasteiger partial charge in [0.05, 0.1) is 42.5 Å². The second kappa shape index (κ2) is 9.96. The fraction of sp³-hybridized carbons (Fsp3) is 0.133. The van der Waals surface area contributed by atoms with Crippen molar-refractivity contribution >= 4 is 23.3 Å². The highest BCUT2D eigenvalue weighted by Crippen LogP contribution is 2.39. The van der Waals surface area contributed by atoms with Crippen LogP contribution >= 0.6 is 11.6 Å². The molecule has 6 rings (SSSR count). The van der Waals surface area contributed by atoms with Gasteiger partial charge in [0, 0.05) is 16.8 Å². The third-order valence-corrected chi connectivity index (χ3v) is 7.15. The molecule has 0 spiro atoms. The summed E-state index contributed by atoms with van der Waals surface area (Å²) >= 11 is 6.24. The minimum Gasteiger partial charge on any atom is -0.495 e. The zero-order chi connectivity index (χ0) is 27.1. The van der Waals surface area contributed by atoms with Gasteiger partial charge < -0.3 is 19.5 Å². The maximum Gasteiger partial charge on any atom is 0.323 e. The molecule has 3 heterocycles. The predicted molar refractivity (Wildman–Crippen MR) is 148 cm³/mol. The number of nitrogens with one attached hydrogen (secondary N) is 1. The number of carbonyl (C=O) groups excluding carboxylic acids is 1. The van der Waals surface area contributed by atoms with Gasteiger partial charge in [0.1, 0.15) is 17.4 Å². The van der Waals surface area contributed by atoms with E-state index in [0.29, 0.717) is 22.0 Å². The van der Waals surface area contributed by atoms with E-state index in [2.05, 4.69) is 5.32 Å². The molecule has 0 fully saturated rings. The van der Waals surface area contributed by atoms with Gasteiger partial charge in [0.2, 0.25) is 0 Å². The molecule has 0 saturated heterocycles. The van der Waals surface area contributed by atoms with E-state index >= 15 is 0 Å². The van der Waals surface area contributed by atoms with Crippen molar-refractivity contribution in [1.29, 1.82) is 0 Å². The second-order valence-electron chi connectivity index (χ2n) is 9.30. The van der Waals surface area contributed by atoms with Crippen LogP contribution in [0.1, 0.15) is 28.6 Å². The van der Waals surface area contributed by atoms with Crippen LogP contribution < -0.4 is 10.1 Å². The smallest absolute Gasteiger partial charge is 0.323 e. The van der Waals surface area contributed by atoms with Crippen molar-refractivity contribution in [3.05, 3.63) is 124 Å². The molecule has 39 heavy (non-hydrogen) atoms. The SMILES string of the molecule is COc1ccc(Cl)cc1NC(=O)N1Cc2c(C)nn(-c3ccccc3)c2-n2cccc2C1c1cccc(F)c1. The van der Waals surface area contributed by atoms with E-state index in [1.807, 2.05) is 70.9 Å². The van der Waals surface area contributed by atoms with Crippen molar-refractivity contribution in [2.75, 3.05) is 12.4 Å². The number of amides is 2. The predicted octanol–water partition coefficient (Wildman–Crippen LogP) is 6.91. The van der Waals surface area contributed by atoms with Gasteiger partial charge in [0.15, 0.2) is 0 Å². The number of methoxy groups -OCH3 is 1. The highest BCUT2D eigenvalue weighted by Gasteiger charge is 2.36. The number of aryl methyl sites for hydroxylation is 1. The first kappa shape index (κ1) is 24.8. The van der Waals surface area contributed by atoms with Crippen LogP contribution in [0.5, 0.6) is 5.75 Å². The standard InChI is InChI=1S/C30H25ClFN5O2/c1-19-24-18-36(30(38)33-25-17-21(31)13-14-27(25)39-2)28(20-8-6-9-22(32)16-20)26-12-7-15-35(26)29(24)37(34-19)23-10-4-3-5-11-23/h3-17,28H,18H2,1-2H3,(H,33,38). The molecule has 1 atom stereocenters. The quantitative estimate of drug-likeness (QED) is 0.269. The van der Waals surface area contributed by atoms with Gasteiger partial charge in [-0.1, -0.05) is 41.9 Å². The second-order valence-corrected chi connectivity index (χ2v) is 9.73. The van der Waals surface area contributed by atoms with Crippen LogP contribution in [-0.2, 0) is 6.54 Å². The maximum absolute atomic E-state index is 14.5. The van der Waals surface area contributed by atoms with Gasteiger partial charge in [-0.15, -0.1) is 0 Å². The number of carbonyl (C=O) groups is 1. The lowest BCUT2D eigenvalue weighted by Crippen LogP contribution is -2.38. The minimum atomic E-state index is -0.600. The number of halogens is 2. The molecule has 5 aromatic rings. The van der Waals surface area contributed by atoms with Crippen LogP contribution in [0.25, 0.3) is 11.5 Å². The number of fused-ring (bicyclic) bond motifs is 3. The van der Waals surface area contributed by atoms with Crippen LogP contribution in [0.2, 0.25) is 5.02 Å². The van der Waals surface area contributed by atoms with Gasteiger partial charge in [-0.3, -0.25) is 0 Å². The molecular weight excluding hydrogens is 517 g/mol. The Hall–Kier alpha value is -4.56. The fourth-order valence-corrected chi connectivity index (χ4v) is 5.31. The van der Waals surface area contributed by atoms with Crippen LogP contribution in [0, 0.1) is 12.7 Å². The van der Waals surface area contributed by atoms with E-state index in [1.165, 1.54) is 19.2 Å². The first-order valence-corrected chi connectivity index (χ1v) is 12.8. The van der Waals surface area contributed by atoms with Crippen LogP contribution in [0.4, 0.5) is 14.9 Å². The molecule has 1 aliphatic rings. The number of anilines is 1. The number of nitrogens with zero attached hydrogens (tertiary/aromatic N) is 4. The highest BCUT2D eigenvalue weighted by atomic mass is 35.5. The van der Waals surface area contributed by atoms with Crippen molar-refractivity contribution in [2.45, 2.75) is 19.5 Å². The Morgan fingerprint density at radius 1 is 1.05 bits per heavy atom. The summed E-state index contributed by atoms with van der Waals surface area (Å²) in [5, 5.41) is 8.28. The van der Waals surface area contributed by atoms with Crippen LogP contribution in [0.15, 0.2) is 91.1 Å². The Balaban J connectivity index is 1.54. The number of aromatic nitrogens is 3. The number of para-hydroxylation sites is 1. The van der Waals surface area contributed by atoms with Crippen LogP contribution in [0.3, 0.4) is 0 Å². The molecule has 1 N–H and O–H groups in total. The van der Waals surface area contributed by atoms with Gasteiger partial charge in [-0.2, -0.15) is 5.10 Å². The van der Waals surface area contributed by atoms with Crippen molar-refractivity contribution < 1.29 is 13.9 Å². The summed E-state index contributed by atoms with van der Waals surface area (Å²) in [6.45, 7) is 2.16. The molecule has 3 aromatic carbocycles. The Morgan fingerprint density at radius 2 is 1.87 bits per heavy atom. The Morgan fingerprint density at radius 3 is 2.64 bits per heavy atom. The normalized spacial score (nSPS) is 14.4. The Kier molecular flexibility index (Phi) is 6.32. The lowest BCUT2D eigenvalue weighted by atomic mass is 10.0. The van der Waals surface area contributed by atoms with E-state index < -0.39 is 12.1 Å². The van der Waals surface area contributed by atoms with Crippen molar-refractivity contribution in [3.63, 3.8) is 0 Å². The summed E-state index contributed by atoms with van der Waals surface area (Å²) in [5.41, 5.74) is 4.43. The number of benzene rings is 3. The van der Waals surface area contributed by atoms with E-state index in [1.54, 1.807) is 29.2 Å². The first-order valence-electron chi connectivity index (χ1n) is 12.4. The third-order valence-electron chi connectivity index (χ3n) is 6.92. The molecule has 0 bridgehead atoms. The van der Waals surface area contributed by atoms with E-state index in [0.717, 1.165) is 28.5 Å². The number of hydrogen-bond acceptors (Lipinski definition) is 3. The van der Waals surface area contributed by atoms with Gasteiger partial charge >= 0.3 is 6.03 Å². The Labute approximate surface area is 230 Å². The zero-order valence-electron chi connectivity index (χ0n) is 21.3. The third kappa shape index (κ3) is 4.42. The topological polar surface area (TPSA) is 64.3 Å². The monoisotopic (exact) mass is 541 g/mol. The molecule has 9 heteroatoms. The molecule has 2 amide bonds. The summed E-state index contributed by atoms with van der Waals surface area (Å²) in [6, 6.07) is 24.1. The maximum atomic E-state index is 14.5. The average Bonchev–Trinajstić information content (AvgIpc) is 3.49. The number of ether oxygens (including phenoxy) is 1. The summed E-state index contributed by atoms with van der Waals surface area (Å²) in [4.78, 5) is 15.8. The molecular formula is C30H25ClFN5O2. The first-order chi connectivity index (χ1) is 18.9.